The molecule has 5 nitrogen and oxygen atoms in total. The average Bonchev–Trinajstić information content (AvgIpc) is 3.11. The summed E-state index contributed by atoms with van der Waals surface area (Å²) < 4.78 is 11.2. The fraction of sp³-hybridized carbons (Fsp3) is 0.875. The number of fused-ring (bicyclic) bond motifs is 1. The predicted octanol–water partition coefficient (Wildman–Crippen LogP) is 4.40. The van der Waals surface area contributed by atoms with Crippen molar-refractivity contribution in [3.8, 4) is 0 Å². The largest absolute Gasteiger partial charge is 0.464 e. The van der Waals surface area contributed by atoms with E-state index in [1.54, 1.807) is 6.92 Å². The zero-order valence-corrected chi connectivity index (χ0v) is 18.8. The van der Waals surface area contributed by atoms with Gasteiger partial charge in [0, 0.05) is 0 Å². The molecule has 0 amide bonds. The summed E-state index contributed by atoms with van der Waals surface area (Å²) in [5.41, 5.74) is -0.0849. The lowest BCUT2D eigenvalue weighted by Gasteiger charge is -2.35. The molecule has 0 radical (unpaired) electrons. The van der Waals surface area contributed by atoms with Crippen molar-refractivity contribution in [1.29, 1.82) is 0 Å². The number of aliphatic hydroxyl groups excluding tert-OH is 2. The molecule has 1 heterocycles. The molecule has 0 aromatic heterocycles. The van der Waals surface area contributed by atoms with Crippen molar-refractivity contribution in [2.45, 2.75) is 110 Å². The molecule has 2 rings (SSSR count). The second-order valence-electron chi connectivity index (χ2n) is 9.55. The zero-order valence-electron chi connectivity index (χ0n) is 18.8. The van der Waals surface area contributed by atoms with Crippen LogP contribution >= 0.6 is 0 Å². The van der Waals surface area contributed by atoms with E-state index in [-0.39, 0.29) is 17.6 Å². The Kier molecular flexibility index (Phi) is 9.64. The fourth-order valence-corrected chi connectivity index (χ4v) is 4.76. The minimum atomic E-state index is -1.05. The molecule has 0 bridgehead atoms. The van der Waals surface area contributed by atoms with Gasteiger partial charge in [-0.2, -0.15) is 0 Å². The lowest BCUT2D eigenvalue weighted by atomic mass is 9.80. The second-order valence-corrected chi connectivity index (χ2v) is 9.55. The Hall–Kier alpha value is -0.910. The van der Waals surface area contributed by atoms with Gasteiger partial charge in [-0.05, 0) is 69.1 Å². The van der Waals surface area contributed by atoms with Crippen LogP contribution in [0.1, 0.15) is 85.5 Å². The molecular formula is C24H42O5. The number of aliphatic hydroxyl groups is 2. The first-order chi connectivity index (χ1) is 13.8. The Morgan fingerprint density at radius 1 is 1.21 bits per heavy atom. The van der Waals surface area contributed by atoms with Crippen LogP contribution in [-0.4, -0.2) is 47.2 Å². The number of hydrogen-bond donors (Lipinski definition) is 2. The van der Waals surface area contributed by atoms with E-state index in [4.69, 9.17) is 9.47 Å². The van der Waals surface area contributed by atoms with Crippen molar-refractivity contribution < 1.29 is 24.5 Å². The smallest absolute Gasteiger partial charge is 0.334 e. The molecule has 1 saturated heterocycles. The number of carbonyl (C=O) groups excluding carboxylic acids is 1. The number of ether oxygens (including phenoxy) is 2. The summed E-state index contributed by atoms with van der Waals surface area (Å²) in [7, 11) is 0. The van der Waals surface area contributed by atoms with Crippen LogP contribution in [0.5, 0.6) is 0 Å². The number of hydrogen-bond acceptors (Lipinski definition) is 5. The first-order valence-electron chi connectivity index (χ1n) is 11.6. The number of esters is 1. The highest BCUT2D eigenvalue weighted by Crippen LogP contribution is 2.43. The summed E-state index contributed by atoms with van der Waals surface area (Å²) in [6.45, 7) is 8.51. The Labute approximate surface area is 176 Å². The van der Waals surface area contributed by atoms with Gasteiger partial charge >= 0.3 is 5.97 Å². The number of rotatable bonds is 11. The van der Waals surface area contributed by atoms with Gasteiger partial charge in [-0.25, -0.2) is 4.79 Å². The van der Waals surface area contributed by atoms with Crippen LogP contribution in [0, 0.1) is 17.3 Å². The molecule has 0 spiro atoms. The van der Waals surface area contributed by atoms with Gasteiger partial charge in [0.15, 0.2) is 6.10 Å². The number of allylic oxidation sites excluding steroid dienone is 1. The van der Waals surface area contributed by atoms with E-state index in [9.17, 15) is 15.0 Å². The summed E-state index contributed by atoms with van der Waals surface area (Å²) in [6.07, 6.45) is 11.8. The quantitative estimate of drug-likeness (QED) is 0.390. The third-order valence-electron chi connectivity index (χ3n) is 6.84. The molecule has 2 unspecified atom stereocenters. The molecule has 0 aromatic carbocycles. The zero-order chi connectivity index (χ0) is 21.4. The van der Waals surface area contributed by atoms with Gasteiger partial charge in [-0.3, -0.25) is 0 Å². The van der Waals surface area contributed by atoms with E-state index in [0.29, 0.717) is 31.3 Å². The van der Waals surface area contributed by atoms with Crippen LogP contribution < -0.4 is 0 Å². The highest BCUT2D eigenvalue weighted by atomic mass is 16.5. The average molecular weight is 411 g/mol. The van der Waals surface area contributed by atoms with E-state index in [1.165, 1.54) is 0 Å². The molecular weight excluding hydrogens is 368 g/mol. The topological polar surface area (TPSA) is 76.0 Å². The lowest BCUT2D eigenvalue weighted by Crippen LogP contribution is -2.35. The van der Waals surface area contributed by atoms with Crippen LogP contribution in [0.15, 0.2) is 12.2 Å². The van der Waals surface area contributed by atoms with Gasteiger partial charge < -0.3 is 19.7 Å². The Bertz CT molecular complexity index is 529. The maximum atomic E-state index is 11.6. The molecule has 2 fully saturated rings. The summed E-state index contributed by atoms with van der Waals surface area (Å²) in [6, 6.07) is 0. The molecule has 1 aliphatic carbocycles. The van der Waals surface area contributed by atoms with Crippen molar-refractivity contribution in [3.05, 3.63) is 12.2 Å². The molecule has 29 heavy (non-hydrogen) atoms. The van der Waals surface area contributed by atoms with Gasteiger partial charge in [0.2, 0.25) is 0 Å². The lowest BCUT2D eigenvalue weighted by molar-refractivity contribution is -0.154. The van der Waals surface area contributed by atoms with E-state index in [2.05, 4.69) is 26.8 Å². The van der Waals surface area contributed by atoms with Gasteiger partial charge in [0.05, 0.1) is 24.9 Å². The fourth-order valence-electron chi connectivity index (χ4n) is 4.76. The predicted molar refractivity (Wildman–Crippen MR) is 114 cm³/mol. The van der Waals surface area contributed by atoms with Crippen LogP contribution in [0.25, 0.3) is 0 Å². The number of carbonyl (C=O) groups is 1. The monoisotopic (exact) mass is 410 g/mol. The molecule has 168 valence electrons. The molecule has 6 atom stereocenters. The van der Waals surface area contributed by atoms with Crippen molar-refractivity contribution in [3.63, 3.8) is 0 Å². The highest BCUT2D eigenvalue weighted by Gasteiger charge is 2.40. The van der Waals surface area contributed by atoms with Gasteiger partial charge in [-0.1, -0.05) is 45.8 Å². The molecule has 1 saturated carbocycles. The summed E-state index contributed by atoms with van der Waals surface area (Å²) >= 11 is 0. The van der Waals surface area contributed by atoms with E-state index >= 15 is 0 Å². The first-order valence-corrected chi connectivity index (χ1v) is 11.6. The van der Waals surface area contributed by atoms with Crippen molar-refractivity contribution in [1.82, 2.24) is 0 Å². The SMILES string of the molecule is CCCCC(C)(C)[C@H](O)C=C[C@H]1CC[C@H]2OC(CCC(O)C(=O)OCC)CC[C@H]12. The third-order valence-corrected chi connectivity index (χ3v) is 6.84. The molecule has 1 aliphatic heterocycles. The van der Waals surface area contributed by atoms with Crippen molar-refractivity contribution >= 4 is 5.97 Å². The van der Waals surface area contributed by atoms with Gasteiger partial charge in [0.25, 0.3) is 0 Å². The second kappa shape index (κ2) is 11.5. The van der Waals surface area contributed by atoms with E-state index in [0.717, 1.165) is 44.9 Å². The van der Waals surface area contributed by atoms with Crippen molar-refractivity contribution in [2.75, 3.05) is 6.61 Å². The van der Waals surface area contributed by atoms with Crippen LogP contribution in [0.3, 0.4) is 0 Å². The first kappa shape index (κ1) is 24.4. The minimum absolute atomic E-state index is 0.0849. The van der Waals surface area contributed by atoms with E-state index < -0.39 is 18.2 Å². The van der Waals surface area contributed by atoms with Gasteiger partial charge in [0.1, 0.15) is 0 Å². The molecule has 2 aliphatic rings. The Balaban J connectivity index is 1.79. The Morgan fingerprint density at radius 2 is 1.97 bits per heavy atom. The summed E-state index contributed by atoms with van der Waals surface area (Å²) in [4.78, 5) is 11.6. The summed E-state index contributed by atoms with van der Waals surface area (Å²) in [5, 5.41) is 20.5. The van der Waals surface area contributed by atoms with Crippen molar-refractivity contribution in [2.24, 2.45) is 17.3 Å². The number of unbranched alkanes of at least 4 members (excludes halogenated alkanes) is 1. The van der Waals surface area contributed by atoms with E-state index in [1.807, 2.05) is 6.08 Å². The van der Waals surface area contributed by atoms with Crippen LogP contribution in [0.4, 0.5) is 0 Å². The standard InChI is InChI=1S/C24H42O5/c1-5-7-16-24(3,4)22(26)15-9-17-8-14-21-19(17)12-10-18(29-21)11-13-20(25)23(27)28-6-2/h9,15,17-22,25-26H,5-8,10-14,16H2,1-4H3/t17-,18?,19-,20?,21-,22-/m1/s1. The molecule has 0 aromatic rings. The third kappa shape index (κ3) is 7.08. The van der Waals surface area contributed by atoms with Crippen LogP contribution in [0.2, 0.25) is 0 Å². The maximum absolute atomic E-state index is 11.6. The maximum Gasteiger partial charge on any atom is 0.334 e. The minimum Gasteiger partial charge on any atom is -0.464 e. The highest BCUT2D eigenvalue weighted by molar-refractivity contribution is 5.74. The summed E-state index contributed by atoms with van der Waals surface area (Å²) in [5.74, 6) is 0.457. The Morgan fingerprint density at radius 3 is 2.66 bits per heavy atom. The van der Waals surface area contributed by atoms with Crippen LogP contribution in [-0.2, 0) is 14.3 Å². The van der Waals surface area contributed by atoms with Gasteiger partial charge in [-0.15, -0.1) is 0 Å². The molecule has 5 heteroatoms. The normalized spacial score (nSPS) is 29.6. The molecule has 2 N–H and O–H groups in total.